The van der Waals surface area contributed by atoms with Gasteiger partial charge in [-0.3, -0.25) is 0 Å². The third-order valence-electron chi connectivity index (χ3n) is 3.30. The van der Waals surface area contributed by atoms with Gasteiger partial charge < -0.3 is 10.4 Å². The fourth-order valence-corrected chi connectivity index (χ4v) is 2.65. The van der Waals surface area contributed by atoms with Gasteiger partial charge in [-0.05, 0) is 19.3 Å². The van der Waals surface area contributed by atoms with Gasteiger partial charge in [0.15, 0.2) is 0 Å². The third kappa shape index (κ3) is 1.42. The van der Waals surface area contributed by atoms with Gasteiger partial charge >= 0.3 is 0 Å². The predicted molar refractivity (Wildman–Crippen MR) is 43.2 cm³/mol. The number of hydrogen-bond donors (Lipinski definition) is 2. The van der Waals surface area contributed by atoms with E-state index < -0.39 is 0 Å². The molecule has 2 aliphatic rings. The van der Waals surface area contributed by atoms with Crippen LogP contribution in [0, 0.1) is 5.92 Å². The lowest BCUT2D eigenvalue weighted by molar-refractivity contribution is -0.710. The summed E-state index contributed by atoms with van der Waals surface area (Å²) in [7, 11) is 0. The van der Waals surface area contributed by atoms with Crippen LogP contribution in [0.15, 0.2) is 0 Å². The van der Waals surface area contributed by atoms with Crippen LogP contribution in [0.25, 0.3) is 0 Å². The van der Waals surface area contributed by atoms with Gasteiger partial charge in [0.1, 0.15) is 0 Å². The van der Waals surface area contributed by atoms with Gasteiger partial charge in [0.2, 0.25) is 0 Å². The second-order valence-electron chi connectivity index (χ2n) is 3.99. The zero-order valence-corrected chi connectivity index (χ0v) is 7.00. The molecule has 2 fully saturated rings. The van der Waals surface area contributed by atoms with E-state index in [0.29, 0.717) is 5.92 Å². The van der Waals surface area contributed by atoms with Gasteiger partial charge in [0.25, 0.3) is 0 Å². The first-order chi connectivity index (χ1) is 5.38. The van der Waals surface area contributed by atoms with Crippen molar-refractivity contribution in [1.29, 1.82) is 0 Å². The van der Waals surface area contributed by atoms with Crippen LogP contribution in [-0.2, 0) is 0 Å². The molecule has 0 amide bonds. The van der Waals surface area contributed by atoms with E-state index in [1.807, 2.05) is 0 Å². The molecule has 1 saturated heterocycles. The summed E-state index contributed by atoms with van der Waals surface area (Å²) >= 11 is 0. The standard InChI is InChI=1S/C9H17NO/c11-9-5-6-10-8-4-2-1-3-7(8)9/h7-11H,1-6H2/p+1/t7-,8-,9-/m1/s1. The first-order valence-corrected chi connectivity index (χ1v) is 4.89. The van der Waals surface area contributed by atoms with Gasteiger partial charge in [-0.15, -0.1) is 0 Å². The van der Waals surface area contributed by atoms with Crippen molar-refractivity contribution in [3.05, 3.63) is 0 Å². The number of hydrogen-bond acceptors (Lipinski definition) is 1. The molecule has 1 saturated carbocycles. The van der Waals surface area contributed by atoms with Crippen molar-refractivity contribution in [2.75, 3.05) is 6.54 Å². The topological polar surface area (TPSA) is 36.8 Å². The summed E-state index contributed by atoms with van der Waals surface area (Å²) < 4.78 is 0. The number of fused-ring (bicyclic) bond motifs is 1. The summed E-state index contributed by atoms with van der Waals surface area (Å²) in [4.78, 5) is 0. The molecule has 0 aromatic rings. The van der Waals surface area contributed by atoms with Crippen LogP contribution in [0.4, 0.5) is 0 Å². The normalized spacial score (nSPS) is 45.0. The summed E-state index contributed by atoms with van der Waals surface area (Å²) in [6.07, 6.45) is 6.35. The zero-order chi connectivity index (χ0) is 7.68. The molecule has 1 heterocycles. The minimum absolute atomic E-state index is 0.0188. The fraction of sp³-hybridized carbons (Fsp3) is 1.00. The van der Waals surface area contributed by atoms with Crippen molar-refractivity contribution in [2.45, 2.75) is 44.2 Å². The second-order valence-corrected chi connectivity index (χ2v) is 3.99. The molecule has 0 spiro atoms. The third-order valence-corrected chi connectivity index (χ3v) is 3.30. The molecule has 11 heavy (non-hydrogen) atoms. The quantitative estimate of drug-likeness (QED) is 0.504. The molecule has 3 atom stereocenters. The van der Waals surface area contributed by atoms with Gasteiger partial charge in [-0.2, -0.15) is 0 Å². The van der Waals surface area contributed by atoms with Crippen LogP contribution in [0.1, 0.15) is 32.1 Å². The van der Waals surface area contributed by atoms with Crippen LogP contribution in [-0.4, -0.2) is 23.8 Å². The van der Waals surface area contributed by atoms with E-state index in [1.165, 1.54) is 25.7 Å². The van der Waals surface area contributed by atoms with Crippen molar-refractivity contribution >= 4 is 0 Å². The van der Waals surface area contributed by atoms with Crippen molar-refractivity contribution < 1.29 is 10.4 Å². The largest absolute Gasteiger partial charge is 0.392 e. The maximum Gasteiger partial charge on any atom is 0.0912 e. The Morgan fingerprint density at radius 1 is 1.09 bits per heavy atom. The smallest absolute Gasteiger partial charge is 0.0912 e. The molecular formula is C9H18NO+. The lowest BCUT2D eigenvalue weighted by Gasteiger charge is -2.36. The number of rotatable bonds is 0. The monoisotopic (exact) mass is 156 g/mol. The van der Waals surface area contributed by atoms with E-state index in [2.05, 4.69) is 5.32 Å². The summed E-state index contributed by atoms with van der Waals surface area (Å²) in [5, 5.41) is 12.1. The van der Waals surface area contributed by atoms with Gasteiger partial charge in [-0.25, -0.2) is 0 Å². The Hall–Kier alpha value is -0.0800. The summed E-state index contributed by atoms with van der Waals surface area (Å²) in [5.74, 6) is 0.623. The Kier molecular flexibility index (Phi) is 2.14. The van der Waals surface area contributed by atoms with E-state index in [0.717, 1.165) is 19.0 Å². The number of nitrogens with two attached hydrogens (primary N) is 1. The minimum Gasteiger partial charge on any atom is -0.392 e. The molecule has 0 bridgehead atoms. The van der Waals surface area contributed by atoms with Crippen LogP contribution in [0.3, 0.4) is 0 Å². The summed E-state index contributed by atoms with van der Waals surface area (Å²) in [6, 6.07) is 0.757. The maximum atomic E-state index is 9.68. The maximum absolute atomic E-state index is 9.68. The zero-order valence-electron chi connectivity index (χ0n) is 7.00. The highest BCUT2D eigenvalue weighted by Gasteiger charge is 2.36. The molecule has 3 N–H and O–H groups in total. The van der Waals surface area contributed by atoms with E-state index >= 15 is 0 Å². The van der Waals surface area contributed by atoms with Crippen molar-refractivity contribution in [1.82, 2.24) is 0 Å². The predicted octanol–water partition coefficient (Wildman–Crippen LogP) is -0.127. The highest BCUT2D eigenvalue weighted by atomic mass is 16.3. The number of aliphatic hydroxyl groups is 1. The molecule has 2 heteroatoms. The van der Waals surface area contributed by atoms with Crippen LogP contribution >= 0.6 is 0 Å². The van der Waals surface area contributed by atoms with E-state index in [9.17, 15) is 5.11 Å². The Labute approximate surface area is 68.0 Å². The molecule has 64 valence electrons. The summed E-state index contributed by atoms with van der Waals surface area (Å²) in [6.45, 7) is 1.14. The minimum atomic E-state index is 0.0188. The highest BCUT2D eigenvalue weighted by molar-refractivity contribution is 4.81. The average Bonchev–Trinajstić information content (AvgIpc) is 2.06. The van der Waals surface area contributed by atoms with Gasteiger partial charge in [0, 0.05) is 12.3 Å². The molecular weight excluding hydrogens is 138 g/mol. The lowest BCUT2D eigenvalue weighted by Crippen LogP contribution is -2.94. The van der Waals surface area contributed by atoms with E-state index in [4.69, 9.17) is 0 Å². The Morgan fingerprint density at radius 3 is 2.73 bits per heavy atom. The molecule has 2 nitrogen and oxygen atoms in total. The van der Waals surface area contributed by atoms with Crippen molar-refractivity contribution in [3.63, 3.8) is 0 Å². The first kappa shape index (κ1) is 7.56. The summed E-state index contributed by atoms with van der Waals surface area (Å²) in [5.41, 5.74) is 0. The number of quaternary nitrogens is 1. The SMILES string of the molecule is O[C@@H]1CC[NH2+][C@@H]2CCCC[C@@H]12. The van der Waals surface area contributed by atoms with Crippen molar-refractivity contribution in [3.8, 4) is 0 Å². The van der Waals surface area contributed by atoms with Crippen LogP contribution < -0.4 is 5.32 Å². The number of piperidine rings is 1. The molecule has 0 aromatic heterocycles. The van der Waals surface area contributed by atoms with Gasteiger partial charge in [-0.1, -0.05) is 6.42 Å². The average molecular weight is 156 g/mol. The molecule has 0 aromatic carbocycles. The molecule has 1 aliphatic carbocycles. The second kappa shape index (κ2) is 3.11. The highest BCUT2D eigenvalue weighted by Crippen LogP contribution is 2.27. The van der Waals surface area contributed by atoms with E-state index in [1.54, 1.807) is 0 Å². The van der Waals surface area contributed by atoms with Crippen LogP contribution in [0.5, 0.6) is 0 Å². The van der Waals surface area contributed by atoms with E-state index in [-0.39, 0.29) is 6.10 Å². The Morgan fingerprint density at radius 2 is 1.91 bits per heavy atom. The fourth-order valence-electron chi connectivity index (χ4n) is 2.65. The molecule has 2 rings (SSSR count). The lowest BCUT2D eigenvalue weighted by atomic mass is 9.78. The first-order valence-electron chi connectivity index (χ1n) is 4.89. The van der Waals surface area contributed by atoms with Crippen LogP contribution in [0.2, 0.25) is 0 Å². The van der Waals surface area contributed by atoms with Crippen molar-refractivity contribution in [2.24, 2.45) is 5.92 Å². The Bertz CT molecular complexity index is 136. The molecule has 0 unspecified atom stereocenters. The molecule has 1 aliphatic heterocycles. The number of aliphatic hydroxyl groups excluding tert-OH is 1. The molecule has 0 radical (unpaired) electrons. The van der Waals surface area contributed by atoms with Gasteiger partial charge in [0.05, 0.1) is 18.7 Å². The Balaban J connectivity index is 1.99.